The first-order valence-corrected chi connectivity index (χ1v) is 7.11. The number of rotatable bonds is 6. The zero-order chi connectivity index (χ0) is 15.9. The SMILES string of the molecule is CN(C)CCC(NC(=O)c1cncc(=O)[nH]1)c1ccccc1. The van der Waals surface area contributed by atoms with E-state index in [1.165, 1.54) is 6.20 Å². The van der Waals surface area contributed by atoms with Crippen molar-refractivity contribution in [2.75, 3.05) is 20.6 Å². The molecule has 0 aliphatic carbocycles. The van der Waals surface area contributed by atoms with Gasteiger partial charge in [-0.2, -0.15) is 0 Å². The molecule has 0 bridgehead atoms. The molecule has 6 heteroatoms. The first-order chi connectivity index (χ1) is 10.6. The number of carbonyl (C=O) groups excluding carboxylic acids is 1. The largest absolute Gasteiger partial charge is 0.344 e. The van der Waals surface area contributed by atoms with Crippen molar-refractivity contribution in [3.05, 3.63) is 64.3 Å². The molecule has 2 N–H and O–H groups in total. The highest BCUT2D eigenvalue weighted by atomic mass is 16.2. The van der Waals surface area contributed by atoms with Gasteiger partial charge in [-0.3, -0.25) is 14.6 Å². The van der Waals surface area contributed by atoms with Crippen LogP contribution in [0.1, 0.15) is 28.5 Å². The number of hydrogen-bond donors (Lipinski definition) is 2. The second-order valence-electron chi connectivity index (χ2n) is 5.34. The fraction of sp³-hybridized carbons (Fsp3) is 0.312. The lowest BCUT2D eigenvalue weighted by molar-refractivity contribution is 0.0927. The third-order valence-electron chi connectivity index (χ3n) is 3.27. The van der Waals surface area contributed by atoms with Crippen LogP contribution in [-0.4, -0.2) is 41.4 Å². The van der Waals surface area contributed by atoms with Crippen LogP contribution in [-0.2, 0) is 0 Å². The highest BCUT2D eigenvalue weighted by Gasteiger charge is 2.16. The molecule has 0 spiro atoms. The van der Waals surface area contributed by atoms with Crippen molar-refractivity contribution in [1.82, 2.24) is 20.2 Å². The molecule has 1 aromatic carbocycles. The molecule has 1 atom stereocenters. The summed E-state index contributed by atoms with van der Waals surface area (Å²) in [7, 11) is 3.98. The molecular weight excluding hydrogens is 280 g/mol. The van der Waals surface area contributed by atoms with Crippen LogP contribution in [0, 0.1) is 0 Å². The summed E-state index contributed by atoms with van der Waals surface area (Å²) < 4.78 is 0. The molecule has 0 radical (unpaired) electrons. The first-order valence-electron chi connectivity index (χ1n) is 7.11. The maximum atomic E-state index is 12.3. The lowest BCUT2D eigenvalue weighted by atomic mass is 10.0. The van der Waals surface area contributed by atoms with Crippen LogP contribution >= 0.6 is 0 Å². The number of nitrogens with one attached hydrogen (secondary N) is 2. The van der Waals surface area contributed by atoms with Crippen LogP contribution in [0.25, 0.3) is 0 Å². The Balaban J connectivity index is 2.15. The minimum Gasteiger partial charge on any atom is -0.344 e. The molecule has 0 saturated heterocycles. The highest BCUT2D eigenvalue weighted by Crippen LogP contribution is 2.17. The van der Waals surface area contributed by atoms with E-state index < -0.39 is 5.56 Å². The van der Waals surface area contributed by atoms with Crippen LogP contribution in [0.5, 0.6) is 0 Å². The number of hydrogen-bond acceptors (Lipinski definition) is 4. The number of aromatic nitrogens is 2. The van der Waals surface area contributed by atoms with Gasteiger partial charge in [0.15, 0.2) is 0 Å². The fourth-order valence-electron chi connectivity index (χ4n) is 2.12. The Labute approximate surface area is 129 Å². The Kier molecular flexibility index (Phi) is 5.43. The minimum absolute atomic E-state index is 0.125. The fourth-order valence-corrected chi connectivity index (χ4v) is 2.12. The van der Waals surface area contributed by atoms with Gasteiger partial charge in [-0.05, 0) is 32.6 Å². The molecular formula is C16H20N4O2. The molecule has 0 aliphatic heterocycles. The number of carbonyl (C=O) groups is 1. The third kappa shape index (κ3) is 4.53. The zero-order valence-electron chi connectivity index (χ0n) is 12.7. The second kappa shape index (κ2) is 7.51. The van der Waals surface area contributed by atoms with Crippen molar-refractivity contribution in [1.29, 1.82) is 0 Å². The predicted octanol–water partition coefficient (Wildman–Crippen LogP) is 1.19. The number of aromatic amines is 1. The first kappa shape index (κ1) is 15.9. The Morgan fingerprint density at radius 3 is 2.64 bits per heavy atom. The van der Waals surface area contributed by atoms with Crippen LogP contribution in [0.3, 0.4) is 0 Å². The monoisotopic (exact) mass is 300 g/mol. The van der Waals surface area contributed by atoms with E-state index in [2.05, 4.69) is 20.2 Å². The van der Waals surface area contributed by atoms with Crippen LogP contribution in [0.4, 0.5) is 0 Å². The zero-order valence-corrected chi connectivity index (χ0v) is 12.7. The summed E-state index contributed by atoms with van der Waals surface area (Å²) in [6, 6.07) is 9.65. The normalized spacial score (nSPS) is 12.1. The Hall–Kier alpha value is -2.47. The van der Waals surface area contributed by atoms with E-state index in [1.807, 2.05) is 44.4 Å². The van der Waals surface area contributed by atoms with Crippen molar-refractivity contribution in [2.24, 2.45) is 0 Å². The minimum atomic E-state index is -0.391. The van der Waals surface area contributed by atoms with Gasteiger partial charge in [0.25, 0.3) is 11.5 Å². The molecule has 0 saturated carbocycles. The standard InChI is InChI=1S/C16H20N4O2/c1-20(2)9-8-13(12-6-4-3-5-7-12)19-16(22)14-10-17-11-15(21)18-14/h3-7,10-11,13H,8-9H2,1-2H3,(H,18,21)(H,19,22). The summed E-state index contributed by atoms with van der Waals surface area (Å²) in [5.74, 6) is -0.335. The van der Waals surface area contributed by atoms with Crippen LogP contribution in [0.2, 0.25) is 0 Å². The number of H-pyrrole nitrogens is 1. The van der Waals surface area contributed by atoms with Gasteiger partial charge < -0.3 is 15.2 Å². The van der Waals surface area contributed by atoms with E-state index in [-0.39, 0.29) is 17.6 Å². The van der Waals surface area contributed by atoms with Crippen LogP contribution < -0.4 is 10.9 Å². The lowest BCUT2D eigenvalue weighted by Crippen LogP contribution is -2.32. The van der Waals surface area contributed by atoms with Crippen molar-refractivity contribution in [3.63, 3.8) is 0 Å². The van der Waals surface area contributed by atoms with E-state index in [4.69, 9.17) is 0 Å². The van der Waals surface area contributed by atoms with E-state index in [9.17, 15) is 9.59 Å². The average Bonchev–Trinajstić information content (AvgIpc) is 2.52. The Morgan fingerprint density at radius 2 is 2.00 bits per heavy atom. The van der Waals surface area contributed by atoms with Gasteiger partial charge in [0.1, 0.15) is 5.69 Å². The van der Waals surface area contributed by atoms with Crippen molar-refractivity contribution >= 4 is 5.91 Å². The van der Waals surface area contributed by atoms with Gasteiger partial charge in [-0.15, -0.1) is 0 Å². The molecule has 6 nitrogen and oxygen atoms in total. The molecule has 116 valence electrons. The van der Waals surface area contributed by atoms with Gasteiger partial charge in [-0.1, -0.05) is 30.3 Å². The number of benzene rings is 1. The summed E-state index contributed by atoms with van der Waals surface area (Å²) in [6.45, 7) is 0.837. The van der Waals surface area contributed by atoms with E-state index in [0.29, 0.717) is 0 Å². The molecule has 0 fully saturated rings. The second-order valence-corrected chi connectivity index (χ2v) is 5.34. The summed E-state index contributed by atoms with van der Waals surface area (Å²) in [6.07, 6.45) is 3.26. The number of amides is 1. The Morgan fingerprint density at radius 1 is 1.27 bits per heavy atom. The molecule has 1 amide bonds. The smallest absolute Gasteiger partial charge is 0.269 e. The van der Waals surface area contributed by atoms with Crippen LogP contribution in [0.15, 0.2) is 47.5 Å². The predicted molar refractivity (Wildman–Crippen MR) is 84.7 cm³/mol. The van der Waals surface area contributed by atoms with Crippen molar-refractivity contribution in [3.8, 4) is 0 Å². The lowest BCUT2D eigenvalue weighted by Gasteiger charge is -2.21. The molecule has 1 heterocycles. The van der Waals surface area contributed by atoms with Crippen molar-refractivity contribution < 1.29 is 4.79 Å². The van der Waals surface area contributed by atoms with E-state index in [1.54, 1.807) is 0 Å². The van der Waals surface area contributed by atoms with E-state index in [0.717, 1.165) is 24.7 Å². The molecule has 1 unspecified atom stereocenters. The third-order valence-corrected chi connectivity index (χ3v) is 3.27. The molecule has 2 rings (SSSR count). The average molecular weight is 300 g/mol. The highest BCUT2D eigenvalue weighted by molar-refractivity contribution is 5.92. The van der Waals surface area contributed by atoms with Gasteiger partial charge in [-0.25, -0.2) is 0 Å². The van der Waals surface area contributed by atoms with Gasteiger partial charge >= 0.3 is 0 Å². The van der Waals surface area contributed by atoms with Gasteiger partial charge in [0.05, 0.1) is 18.4 Å². The molecule has 22 heavy (non-hydrogen) atoms. The van der Waals surface area contributed by atoms with Crippen molar-refractivity contribution in [2.45, 2.75) is 12.5 Å². The maximum Gasteiger partial charge on any atom is 0.269 e. The van der Waals surface area contributed by atoms with Gasteiger partial charge in [0, 0.05) is 0 Å². The topological polar surface area (TPSA) is 78.1 Å². The molecule has 0 aliphatic rings. The maximum absolute atomic E-state index is 12.3. The number of nitrogens with zero attached hydrogens (tertiary/aromatic N) is 2. The van der Waals surface area contributed by atoms with Gasteiger partial charge in [0.2, 0.25) is 0 Å². The summed E-state index contributed by atoms with van der Waals surface area (Å²) in [4.78, 5) is 31.8. The quantitative estimate of drug-likeness (QED) is 0.840. The van der Waals surface area contributed by atoms with E-state index >= 15 is 0 Å². The molecule has 1 aromatic heterocycles. The summed E-state index contributed by atoms with van der Waals surface area (Å²) in [5.41, 5.74) is 0.805. The summed E-state index contributed by atoms with van der Waals surface area (Å²) >= 11 is 0. The summed E-state index contributed by atoms with van der Waals surface area (Å²) in [5, 5.41) is 2.96. The molecule has 2 aromatic rings. The Bertz CT molecular complexity index is 667.